The third kappa shape index (κ3) is 4.66. The number of piperazine rings is 1. The summed E-state index contributed by atoms with van der Waals surface area (Å²) in [6, 6.07) is 8.75. The predicted octanol–water partition coefficient (Wildman–Crippen LogP) is 2.61. The number of anilines is 1. The van der Waals surface area contributed by atoms with E-state index in [9.17, 15) is 4.79 Å². The van der Waals surface area contributed by atoms with E-state index in [4.69, 9.17) is 4.74 Å². The molecule has 2 fully saturated rings. The number of hydrogen-bond acceptors (Lipinski definition) is 4. The molecule has 25 heavy (non-hydrogen) atoms. The average molecular weight is 345 g/mol. The van der Waals surface area contributed by atoms with E-state index in [0.29, 0.717) is 18.4 Å². The fraction of sp³-hybridized carbons (Fsp3) is 0.650. The van der Waals surface area contributed by atoms with Crippen LogP contribution in [0, 0.1) is 0 Å². The van der Waals surface area contributed by atoms with Crippen LogP contribution in [0.1, 0.15) is 32.1 Å². The maximum absolute atomic E-state index is 12.6. The molecule has 0 spiro atoms. The van der Waals surface area contributed by atoms with Crippen molar-refractivity contribution in [3.8, 4) is 5.75 Å². The van der Waals surface area contributed by atoms with E-state index < -0.39 is 0 Å². The molecule has 1 aromatic carbocycles. The van der Waals surface area contributed by atoms with Gasteiger partial charge in [0.1, 0.15) is 5.75 Å². The van der Waals surface area contributed by atoms with Crippen molar-refractivity contribution in [3.63, 3.8) is 0 Å². The van der Waals surface area contributed by atoms with E-state index >= 15 is 0 Å². The molecule has 1 unspecified atom stereocenters. The number of carbonyl (C=O) groups is 1. The molecule has 1 amide bonds. The molecule has 2 saturated heterocycles. The number of ether oxygens (including phenoxy) is 1. The van der Waals surface area contributed by atoms with Crippen LogP contribution in [-0.4, -0.2) is 68.6 Å². The Hall–Kier alpha value is -1.75. The number of rotatable bonds is 5. The number of piperidine rings is 1. The number of nitrogens with zero attached hydrogens (tertiary/aromatic N) is 3. The van der Waals surface area contributed by atoms with Crippen LogP contribution in [0.4, 0.5) is 5.69 Å². The van der Waals surface area contributed by atoms with Crippen LogP contribution in [0.3, 0.4) is 0 Å². The van der Waals surface area contributed by atoms with Crippen LogP contribution in [0.2, 0.25) is 0 Å². The number of carbonyl (C=O) groups excluding carboxylic acids is 1. The van der Waals surface area contributed by atoms with E-state index in [1.165, 1.54) is 31.5 Å². The molecule has 0 bridgehead atoms. The van der Waals surface area contributed by atoms with Crippen LogP contribution >= 0.6 is 0 Å². The maximum Gasteiger partial charge on any atom is 0.222 e. The highest BCUT2D eigenvalue weighted by Crippen LogP contribution is 2.23. The summed E-state index contributed by atoms with van der Waals surface area (Å²) in [5, 5.41) is 0. The molecule has 1 aromatic rings. The number of benzene rings is 1. The molecule has 0 aliphatic carbocycles. The molecular formula is C20H31N3O2. The van der Waals surface area contributed by atoms with Crippen molar-refractivity contribution in [2.45, 2.75) is 38.1 Å². The lowest BCUT2D eigenvalue weighted by molar-refractivity contribution is -0.131. The van der Waals surface area contributed by atoms with Gasteiger partial charge in [-0.2, -0.15) is 0 Å². The monoisotopic (exact) mass is 345 g/mol. The van der Waals surface area contributed by atoms with E-state index in [1.807, 2.05) is 17.0 Å². The molecule has 0 radical (unpaired) electrons. The minimum Gasteiger partial charge on any atom is -0.497 e. The Kier molecular flexibility index (Phi) is 6.19. The summed E-state index contributed by atoms with van der Waals surface area (Å²) in [5.41, 5.74) is 1.18. The Morgan fingerprint density at radius 1 is 1.16 bits per heavy atom. The second kappa shape index (κ2) is 8.56. The molecule has 0 saturated carbocycles. The van der Waals surface area contributed by atoms with Crippen LogP contribution in [0.15, 0.2) is 24.3 Å². The highest BCUT2D eigenvalue weighted by atomic mass is 16.5. The molecule has 5 nitrogen and oxygen atoms in total. The van der Waals surface area contributed by atoms with Gasteiger partial charge in [0.2, 0.25) is 5.91 Å². The van der Waals surface area contributed by atoms with Gasteiger partial charge >= 0.3 is 0 Å². The molecule has 2 aliphatic heterocycles. The van der Waals surface area contributed by atoms with E-state index in [0.717, 1.165) is 38.3 Å². The number of hydrogen-bond donors (Lipinski definition) is 0. The topological polar surface area (TPSA) is 36.0 Å². The van der Waals surface area contributed by atoms with Gasteiger partial charge in [0.15, 0.2) is 0 Å². The van der Waals surface area contributed by atoms with Gasteiger partial charge in [0, 0.05) is 50.4 Å². The van der Waals surface area contributed by atoms with Crippen molar-refractivity contribution < 1.29 is 9.53 Å². The quantitative estimate of drug-likeness (QED) is 0.822. The molecular weight excluding hydrogens is 314 g/mol. The van der Waals surface area contributed by atoms with Gasteiger partial charge in [-0.25, -0.2) is 0 Å². The Labute approximate surface area is 151 Å². The van der Waals surface area contributed by atoms with Gasteiger partial charge in [0.05, 0.1) is 7.11 Å². The van der Waals surface area contributed by atoms with Crippen LogP contribution in [-0.2, 0) is 4.79 Å². The first-order valence-electron chi connectivity index (χ1n) is 9.54. The molecule has 2 aliphatic rings. The van der Waals surface area contributed by atoms with E-state index in [2.05, 4.69) is 29.0 Å². The Bertz CT molecular complexity index is 570. The molecule has 3 rings (SSSR count). The van der Waals surface area contributed by atoms with Crippen molar-refractivity contribution in [2.75, 3.05) is 51.8 Å². The number of methoxy groups -OCH3 is 1. The van der Waals surface area contributed by atoms with Crippen molar-refractivity contribution in [2.24, 2.45) is 0 Å². The highest BCUT2D eigenvalue weighted by molar-refractivity contribution is 5.76. The van der Waals surface area contributed by atoms with Gasteiger partial charge in [-0.05, 0) is 45.0 Å². The second-order valence-electron chi connectivity index (χ2n) is 7.24. The Balaban J connectivity index is 1.45. The van der Waals surface area contributed by atoms with E-state index in [1.54, 1.807) is 7.11 Å². The average Bonchev–Trinajstić information content (AvgIpc) is 2.67. The Morgan fingerprint density at radius 3 is 2.68 bits per heavy atom. The molecule has 5 heteroatoms. The van der Waals surface area contributed by atoms with Gasteiger partial charge < -0.3 is 19.4 Å². The summed E-state index contributed by atoms with van der Waals surface area (Å²) in [5.74, 6) is 1.21. The first kappa shape index (κ1) is 18.1. The largest absolute Gasteiger partial charge is 0.497 e. The standard InChI is InChI=1S/C20H31N3O2/c1-21-11-4-3-6-17(21)9-10-20(24)23-14-12-22(13-15-23)18-7-5-8-19(16-18)25-2/h5,7-8,16-17H,3-4,6,9-15H2,1-2H3. The van der Waals surface area contributed by atoms with Gasteiger partial charge in [0.25, 0.3) is 0 Å². The molecule has 2 heterocycles. The fourth-order valence-corrected chi connectivity index (χ4v) is 3.98. The smallest absolute Gasteiger partial charge is 0.222 e. The first-order valence-corrected chi connectivity index (χ1v) is 9.54. The minimum absolute atomic E-state index is 0.323. The Morgan fingerprint density at radius 2 is 1.96 bits per heavy atom. The lowest BCUT2D eigenvalue weighted by Crippen LogP contribution is -2.49. The van der Waals surface area contributed by atoms with Crippen LogP contribution in [0.5, 0.6) is 5.75 Å². The summed E-state index contributed by atoms with van der Waals surface area (Å²) >= 11 is 0. The summed E-state index contributed by atoms with van der Waals surface area (Å²) in [6.45, 7) is 4.59. The maximum atomic E-state index is 12.6. The first-order chi connectivity index (χ1) is 12.2. The summed E-state index contributed by atoms with van der Waals surface area (Å²) < 4.78 is 5.31. The summed E-state index contributed by atoms with van der Waals surface area (Å²) in [6.07, 6.45) is 5.54. The van der Waals surface area contributed by atoms with Gasteiger partial charge in [-0.3, -0.25) is 4.79 Å². The molecule has 1 atom stereocenters. The zero-order chi connectivity index (χ0) is 17.6. The van der Waals surface area contributed by atoms with Crippen molar-refractivity contribution in [1.29, 1.82) is 0 Å². The van der Waals surface area contributed by atoms with Crippen molar-refractivity contribution in [1.82, 2.24) is 9.80 Å². The van der Waals surface area contributed by atoms with Crippen molar-refractivity contribution >= 4 is 11.6 Å². The zero-order valence-electron chi connectivity index (χ0n) is 15.6. The van der Waals surface area contributed by atoms with Crippen molar-refractivity contribution in [3.05, 3.63) is 24.3 Å². The fourth-order valence-electron chi connectivity index (χ4n) is 3.98. The minimum atomic E-state index is 0.323. The zero-order valence-corrected chi connectivity index (χ0v) is 15.6. The van der Waals surface area contributed by atoms with Crippen LogP contribution < -0.4 is 9.64 Å². The second-order valence-corrected chi connectivity index (χ2v) is 7.24. The lowest BCUT2D eigenvalue weighted by Gasteiger charge is -2.37. The third-order valence-electron chi connectivity index (χ3n) is 5.66. The summed E-state index contributed by atoms with van der Waals surface area (Å²) in [7, 11) is 3.89. The van der Waals surface area contributed by atoms with Gasteiger partial charge in [-0.15, -0.1) is 0 Å². The van der Waals surface area contributed by atoms with Crippen LogP contribution in [0.25, 0.3) is 0 Å². The lowest BCUT2D eigenvalue weighted by atomic mass is 9.98. The molecule has 138 valence electrons. The van der Waals surface area contributed by atoms with E-state index in [-0.39, 0.29) is 0 Å². The third-order valence-corrected chi connectivity index (χ3v) is 5.66. The summed E-state index contributed by atoms with van der Waals surface area (Å²) in [4.78, 5) is 19.4. The SMILES string of the molecule is COc1cccc(N2CCN(C(=O)CCC3CCCCN3C)CC2)c1. The van der Waals surface area contributed by atoms with Gasteiger partial charge in [-0.1, -0.05) is 12.5 Å². The number of likely N-dealkylation sites (tertiary alicyclic amines) is 1. The predicted molar refractivity (Wildman–Crippen MR) is 101 cm³/mol. The molecule has 0 N–H and O–H groups in total. The molecule has 0 aromatic heterocycles. The number of amides is 1. The normalized spacial score (nSPS) is 22.1. The highest BCUT2D eigenvalue weighted by Gasteiger charge is 2.24.